The Morgan fingerprint density at radius 3 is 1.90 bits per heavy atom. The van der Waals surface area contributed by atoms with Crippen LogP contribution in [0.25, 0.3) is 0 Å². The molecule has 0 aliphatic rings. The Labute approximate surface area is 122 Å². The molecule has 0 radical (unpaired) electrons. The molecule has 0 fully saturated rings. The normalized spacial score (nSPS) is 13.3. The molecule has 4 nitrogen and oxygen atoms in total. The first-order chi connectivity index (χ1) is 8.87. The van der Waals surface area contributed by atoms with Gasteiger partial charge >= 0.3 is 0 Å². The Balaban J connectivity index is 3.09. The predicted molar refractivity (Wildman–Crippen MR) is 84.0 cm³/mol. The fourth-order valence-corrected chi connectivity index (χ4v) is 6.29. The van der Waals surface area contributed by atoms with E-state index in [1.807, 2.05) is 33.9 Å². The summed E-state index contributed by atoms with van der Waals surface area (Å²) in [4.78, 5) is 11.4. The second-order valence-corrected chi connectivity index (χ2v) is 13.6. The van der Waals surface area contributed by atoms with Gasteiger partial charge in [0.15, 0.2) is 5.78 Å². The number of ketones is 1. The number of rotatable bonds is 4. The van der Waals surface area contributed by atoms with E-state index < -0.39 is 18.3 Å². The van der Waals surface area contributed by atoms with Crippen LogP contribution in [0, 0.1) is 0 Å². The van der Waals surface area contributed by atoms with Crippen LogP contribution in [-0.2, 0) is 10.0 Å². The van der Waals surface area contributed by atoms with Crippen molar-refractivity contribution >= 4 is 24.0 Å². The quantitative estimate of drug-likeness (QED) is 0.686. The maximum Gasteiger partial charge on any atom is 0.234 e. The zero-order valence-corrected chi connectivity index (χ0v) is 14.8. The smallest absolute Gasteiger partial charge is 0.234 e. The Morgan fingerprint density at radius 2 is 1.55 bits per heavy atom. The monoisotopic (exact) mass is 313 g/mol. The summed E-state index contributed by atoms with van der Waals surface area (Å²) in [6.45, 7) is 11.6. The lowest BCUT2D eigenvalue weighted by atomic mass is 10.2. The third kappa shape index (κ3) is 3.77. The molecule has 1 rings (SSSR count). The van der Waals surface area contributed by atoms with E-state index in [4.69, 9.17) is 0 Å². The molecule has 6 heteroatoms. The molecule has 1 aromatic carbocycles. The minimum atomic E-state index is -3.54. The highest BCUT2D eigenvalue weighted by Crippen LogP contribution is 2.34. The minimum absolute atomic E-state index is 0.0775. The van der Waals surface area contributed by atoms with Crippen molar-refractivity contribution in [2.75, 3.05) is 0 Å². The van der Waals surface area contributed by atoms with Crippen molar-refractivity contribution in [1.82, 2.24) is 4.39 Å². The first-order valence-electron chi connectivity index (χ1n) is 6.52. The summed E-state index contributed by atoms with van der Waals surface area (Å²) in [5.41, 5.74) is 0.510. The number of nitrogens with one attached hydrogen (secondary N) is 1. The summed E-state index contributed by atoms with van der Waals surface area (Å²) in [5.74, 6) is -0.0775. The lowest BCUT2D eigenvalue weighted by molar-refractivity contribution is 0.101. The number of hydrogen-bond donors (Lipinski definition) is 1. The molecular formula is C14H23NO3SSi. The molecule has 20 heavy (non-hydrogen) atoms. The van der Waals surface area contributed by atoms with E-state index in [0.717, 1.165) is 0 Å². The summed E-state index contributed by atoms with van der Waals surface area (Å²) in [6.07, 6.45) is 0. The van der Waals surface area contributed by atoms with E-state index in [2.05, 4.69) is 4.39 Å². The zero-order chi connectivity index (χ0) is 15.8. The van der Waals surface area contributed by atoms with Crippen LogP contribution in [-0.4, -0.2) is 22.4 Å². The standard InChI is InChI=1S/C14H23NO3SSi/c1-11(16)12-7-9-13(10-8-12)19(17,18)15-20(5,6)14(2,3)4/h7-10,15H,1-6H3. The first kappa shape index (κ1) is 17.1. The van der Waals surface area contributed by atoms with E-state index in [-0.39, 0.29) is 15.7 Å². The van der Waals surface area contributed by atoms with Crippen LogP contribution in [0.5, 0.6) is 0 Å². The summed E-state index contributed by atoms with van der Waals surface area (Å²) in [5, 5.41) is -0.0839. The summed E-state index contributed by atoms with van der Waals surface area (Å²) >= 11 is 0. The highest BCUT2D eigenvalue weighted by molar-refractivity contribution is 7.91. The average molecular weight is 313 g/mol. The predicted octanol–water partition coefficient (Wildman–Crippen LogP) is 3.17. The van der Waals surface area contributed by atoms with Crippen molar-refractivity contribution in [3.8, 4) is 0 Å². The Morgan fingerprint density at radius 1 is 1.10 bits per heavy atom. The largest absolute Gasteiger partial charge is 0.295 e. The molecular weight excluding hydrogens is 290 g/mol. The third-order valence-corrected chi connectivity index (χ3v) is 11.6. The second-order valence-electron chi connectivity index (χ2n) is 6.56. The number of carbonyl (C=O) groups is 1. The average Bonchev–Trinajstić information content (AvgIpc) is 2.26. The van der Waals surface area contributed by atoms with E-state index in [1.165, 1.54) is 19.1 Å². The molecule has 1 N–H and O–H groups in total. The van der Waals surface area contributed by atoms with Gasteiger partial charge in [0.2, 0.25) is 10.0 Å². The van der Waals surface area contributed by atoms with E-state index in [9.17, 15) is 13.2 Å². The minimum Gasteiger partial charge on any atom is -0.295 e. The van der Waals surface area contributed by atoms with Gasteiger partial charge in [-0.2, -0.15) is 0 Å². The van der Waals surface area contributed by atoms with Gasteiger partial charge in [0.25, 0.3) is 0 Å². The van der Waals surface area contributed by atoms with Gasteiger partial charge in [-0.1, -0.05) is 46.0 Å². The van der Waals surface area contributed by atoms with Crippen molar-refractivity contribution in [2.24, 2.45) is 0 Å². The maximum absolute atomic E-state index is 12.4. The molecule has 0 bridgehead atoms. The van der Waals surface area contributed by atoms with Crippen LogP contribution >= 0.6 is 0 Å². The fraction of sp³-hybridized carbons (Fsp3) is 0.500. The van der Waals surface area contributed by atoms with Gasteiger partial charge in [0, 0.05) is 5.56 Å². The van der Waals surface area contributed by atoms with Gasteiger partial charge in [-0.3, -0.25) is 4.79 Å². The lowest BCUT2D eigenvalue weighted by Gasteiger charge is -2.36. The molecule has 0 unspecified atom stereocenters. The van der Waals surface area contributed by atoms with Crippen LogP contribution in [0.2, 0.25) is 18.1 Å². The third-order valence-electron chi connectivity index (χ3n) is 3.84. The summed E-state index contributed by atoms with van der Waals surface area (Å²) in [7, 11) is -5.71. The molecule has 0 atom stereocenters. The molecule has 1 aromatic rings. The molecule has 0 saturated heterocycles. The topological polar surface area (TPSA) is 63.2 Å². The number of carbonyl (C=O) groups excluding carboxylic acids is 1. The fourth-order valence-electron chi connectivity index (χ4n) is 1.42. The molecule has 0 spiro atoms. The maximum atomic E-state index is 12.4. The second kappa shape index (κ2) is 5.42. The molecule has 112 valence electrons. The van der Waals surface area contributed by atoms with Crippen molar-refractivity contribution in [2.45, 2.75) is 50.7 Å². The zero-order valence-electron chi connectivity index (χ0n) is 12.9. The molecule has 0 amide bonds. The lowest BCUT2D eigenvalue weighted by Crippen LogP contribution is -2.54. The van der Waals surface area contributed by atoms with E-state index in [0.29, 0.717) is 5.56 Å². The van der Waals surface area contributed by atoms with Gasteiger partial charge in [-0.25, -0.2) is 12.8 Å². The van der Waals surface area contributed by atoms with Crippen molar-refractivity contribution in [3.05, 3.63) is 29.8 Å². The van der Waals surface area contributed by atoms with Crippen molar-refractivity contribution in [3.63, 3.8) is 0 Å². The molecule has 0 aliphatic heterocycles. The molecule has 0 saturated carbocycles. The number of benzene rings is 1. The highest BCUT2D eigenvalue weighted by atomic mass is 32.2. The summed E-state index contributed by atoms with van der Waals surface area (Å²) < 4.78 is 27.7. The molecule has 0 heterocycles. The van der Waals surface area contributed by atoms with Crippen molar-refractivity contribution in [1.29, 1.82) is 0 Å². The van der Waals surface area contributed by atoms with Gasteiger partial charge in [-0.15, -0.1) is 0 Å². The number of hydrogen-bond acceptors (Lipinski definition) is 3. The number of Topliss-reactive ketones (excluding diaryl/α,β-unsaturated/α-hetero) is 1. The summed E-state index contributed by atoms with van der Waals surface area (Å²) in [6, 6.07) is 6.05. The van der Waals surface area contributed by atoms with Crippen LogP contribution in [0.1, 0.15) is 38.1 Å². The van der Waals surface area contributed by atoms with Crippen LogP contribution in [0.15, 0.2) is 29.2 Å². The van der Waals surface area contributed by atoms with Gasteiger partial charge in [0.05, 0.1) is 4.90 Å². The van der Waals surface area contributed by atoms with E-state index >= 15 is 0 Å². The van der Waals surface area contributed by atoms with Crippen LogP contribution in [0.3, 0.4) is 0 Å². The first-order valence-corrected chi connectivity index (χ1v) is 11.0. The molecule has 0 aromatic heterocycles. The van der Waals surface area contributed by atoms with Gasteiger partial charge in [-0.05, 0) is 24.1 Å². The van der Waals surface area contributed by atoms with Crippen LogP contribution in [0.4, 0.5) is 0 Å². The Hall–Kier alpha value is -0.983. The highest BCUT2D eigenvalue weighted by Gasteiger charge is 2.39. The SMILES string of the molecule is CC(=O)c1ccc(S(=O)(=O)N[Si](C)(C)C(C)(C)C)cc1. The van der Waals surface area contributed by atoms with E-state index in [1.54, 1.807) is 12.1 Å². The van der Waals surface area contributed by atoms with Crippen LogP contribution < -0.4 is 4.39 Å². The Kier molecular flexibility index (Phi) is 4.63. The molecule has 0 aliphatic carbocycles. The Bertz CT molecular complexity index is 598. The van der Waals surface area contributed by atoms with Crippen molar-refractivity contribution < 1.29 is 13.2 Å². The van der Waals surface area contributed by atoms with Gasteiger partial charge in [0.1, 0.15) is 8.24 Å². The number of sulfonamides is 1. The van der Waals surface area contributed by atoms with Gasteiger partial charge < -0.3 is 0 Å².